The summed E-state index contributed by atoms with van der Waals surface area (Å²) < 4.78 is 0.669. The number of rotatable bonds is 6. The standard InChI is InChI=1S/C24H20BrN7O/c1-2-21(23-28-8-3-9-29-23)32(14-18-6-4-15(12-26)13-30-18)24(33)16-5-7-20-17(10-16)11-19(25)22(27)31-20/h3-11,13,21H,2,14H2,1H3,(H2,27,31)/t21-/m1/s1. The molecule has 0 aliphatic carbocycles. The highest BCUT2D eigenvalue weighted by Crippen LogP contribution is 2.28. The Kier molecular flexibility index (Phi) is 6.56. The summed E-state index contributed by atoms with van der Waals surface area (Å²) >= 11 is 3.40. The molecule has 0 saturated carbocycles. The van der Waals surface area contributed by atoms with Crippen molar-refractivity contribution in [3.05, 3.63) is 88.2 Å². The monoisotopic (exact) mass is 501 g/mol. The number of carbonyl (C=O) groups excluding carboxylic acids is 1. The molecule has 0 unspecified atom stereocenters. The van der Waals surface area contributed by atoms with Crippen molar-refractivity contribution in [1.82, 2.24) is 24.8 Å². The van der Waals surface area contributed by atoms with Gasteiger partial charge in [0.15, 0.2) is 5.82 Å². The van der Waals surface area contributed by atoms with Crippen LogP contribution in [0.4, 0.5) is 5.82 Å². The number of hydrogen-bond donors (Lipinski definition) is 1. The molecule has 3 heterocycles. The quantitative estimate of drug-likeness (QED) is 0.414. The number of anilines is 1. The molecule has 0 spiro atoms. The zero-order valence-electron chi connectivity index (χ0n) is 17.8. The molecule has 4 aromatic rings. The zero-order valence-corrected chi connectivity index (χ0v) is 19.4. The number of amides is 1. The van der Waals surface area contributed by atoms with Gasteiger partial charge in [-0.05, 0) is 64.8 Å². The van der Waals surface area contributed by atoms with Crippen molar-refractivity contribution < 1.29 is 4.79 Å². The lowest BCUT2D eigenvalue weighted by atomic mass is 10.1. The molecule has 0 aliphatic rings. The first-order valence-electron chi connectivity index (χ1n) is 10.3. The molecule has 1 atom stereocenters. The van der Waals surface area contributed by atoms with Crippen molar-refractivity contribution in [3.63, 3.8) is 0 Å². The van der Waals surface area contributed by atoms with Gasteiger partial charge in [-0.1, -0.05) is 6.92 Å². The maximum absolute atomic E-state index is 13.8. The second-order valence-electron chi connectivity index (χ2n) is 7.38. The minimum absolute atomic E-state index is 0.185. The molecule has 2 N–H and O–H groups in total. The molecule has 4 rings (SSSR count). The Hall–Kier alpha value is -3.90. The van der Waals surface area contributed by atoms with Crippen LogP contribution in [0.15, 0.2) is 65.5 Å². The summed E-state index contributed by atoms with van der Waals surface area (Å²) in [5.74, 6) is 0.762. The fourth-order valence-electron chi connectivity index (χ4n) is 3.57. The first kappa shape index (κ1) is 22.3. The smallest absolute Gasteiger partial charge is 0.254 e. The highest BCUT2D eigenvalue weighted by atomic mass is 79.9. The lowest BCUT2D eigenvalue weighted by Gasteiger charge is -2.30. The van der Waals surface area contributed by atoms with Gasteiger partial charge in [0, 0.05) is 29.5 Å². The van der Waals surface area contributed by atoms with E-state index < -0.39 is 0 Å². The van der Waals surface area contributed by atoms with Gasteiger partial charge in [-0.15, -0.1) is 0 Å². The molecule has 0 aliphatic heterocycles. The van der Waals surface area contributed by atoms with Gasteiger partial charge in [-0.2, -0.15) is 5.26 Å². The van der Waals surface area contributed by atoms with E-state index >= 15 is 0 Å². The Balaban J connectivity index is 1.75. The predicted octanol–water partition coefficient (Wildman–Crippen LogP) is 4.43. The van der Waals surface area contributed by atoms with Crippen LogP contribution < -0.4 is 5.73 Å². The molecule has 1 amide bonds. The molecule has 0 radical (unpaired) electrons. The molecule has 1 aromatic carbocycles. The molecule has 0 bridgehead atoms. The summed E-state index contributed by atoms with van der Waals surface area (Å²) in [7, 11) is 0. The third kappa shape index (κ3) is 4.81. The van der Waals surface area contributed by atoms with Crippen LogP contribution in [0, 0.1) is 11.3 Å². The third-order valence-corrected chi connectivity index (χ3v) is 5.87. The first-order chi connectivity index (χ1) is 16.0. The molecule has 0 saturated heterocycles. The number of halogens is 1. The minimum atomic E-state index is -0.358. The van der Waals surface area contributed by atoms with E-state index in [4.69, 9.17) is 11.0 Å². The molecule has 3 aromatic heterocycles. The van der Waals surface area contributed by atoms with Gasteiger partial charge in [-0.3, -0.25) is 9.78 Å². The molecule has 164 valence electrons. The van der Waals surface area contributed by atoms with Gasteiger partial charge in [-0.25, -0.2) is 15.0 Å². The molecule has 8 nitrogen and oxygen atoms in total. The Bertz CT molecular complexity index is 1340. The number of nitrogen functional groups attached to an aromatic ring is 1. The van der Waals surface area contributed by atoms with Crippen molar-refractivity contribution in [3.8, 4) is 6.07 Å². The summed E-state index contributed by atoms with van der Waals surface area (Å²) in [6.07, 6.45) is 5.44. The van der Waals surface area contributed by atoms with E-state index in [1.807, 2.05) is 13.0 Å². The van der Waals surface area contributed by atoms with E-state index in [2.05, 4.69) is 41.9 Å². The van der Waals surface area contributed by atoms with E-state index in [0.717, 1.165) is 5.39 Å². The summed E-state index contributed by atoms with van der Waals surface area (Å²) in [4.78, 5) is 33.0. The van der Waals surface area contributed by atoms with Crippen LogP contribution in [0.1, 0.15) is 46.8 Å². The van der Waals surface area contributed by atoms with Gasteiger partial charge in [0.05, 0.1) is 33.8 Å². The fourth-order valence-corrected chi connectivity index (χ4v) is 3.91. The van der Waals surface area contributed by atoms with E-state index in [9.17, 15) is 4.79 Å². The molecule has 0 fully saturated rings. The van der Waals surface area contributed by atoms with Gasteiger partial charge in [0.25, 0.3) is 5.91 Å². The van der Waals surface area contributed by atoms with Crippen LogP contribution in [0.25, 0.3) is 10.9 Å². The van der Waals surface area contributed by atoms with Gasteiger partial charge < -0.3 is 10.6 Å². The number of fused-ring (bicyclic) bond motifs is 1. The van der Waals surface area contributed by atoms with Gasteiger partial charge >= 0.3 is 0 Å². The fraction of sp³-hybridized carbons (Fsp3) is 0.167. The van der Waals surface area contributed by atoms with Crippen LogP contribution in [-0.2, 0) is 6.54 Å². The third-order valence-electron chi connectivity index (χ3n) is 5.24. The largest absolute Gasteiger partial charge is 0.383 e. The lowest BCUT2D eigenvalue weighted by Crippen LogP contribution is -2.35. The molecular formula is C24H20BrN7O. The molecule has 9 heteroatoms. The maximum atomic E-state index is 13.8. The van der Waals surface area contributed by atoms with Crippen LogP contribution in [0.5, 0.6) is 0 Å². The Morgan fingerprint density at radius 1 is 1.18 bits per heavy atom. The lowest BCUT2D eigenvalue weighted by molar-refractivity contribution is 0.0640. The number of nitrogens with two attached hydrogens (primary N) is 1. The highest BCUT2D eigenvalue weighted by Gasteiger charge is 2.27. The van der Waals surface area contributed by atoms with Crippen LogP contribution in [0.2, 0.25) is 0 Å². The summed E-state index contributed by atoms with van der Waals surface area (Å²) in [5, 5.41) is 9.85. The van der Waals surface area contributed by atoms with Crippen molar-refractivity contribution in [1.29, 1.82) is 5.26 Å². The van der Waals surface area contributed by atoms with Crippen molar-refractivity contribution >= 4 is 38.6 Å². The van der Waals surface area contributed by atoms with Gasteiger partial charge in [0.2, 0.25) is 0 Å². The average Bonchev–Trinajstić information content (AvgIpc) is 2.85. The summed E-state index contributed by atoms with van der Waals surface area (Å²) in [5.41, 5.74) is 8.21. The number of carbonyl (C=O) groups is 1. The topological polar surface area (TPSA) is 122 Å². The zero-order chi connectivity index (χ0) is 23.4. The molecular weight excluding hydrogens is 482 g/mol. The van der Waals surface area contributed by atoms with Crippen LogP contribution in [0.3, 0.4) is 0 Å². The summed E-state index contributed by atoms with van der Waals surface area (Å²) in [6, 6.07) is 14.0. The SMILES string of the molecule is CC[C@H](c1ncccn1)N(Cc1ccc(C#N)cn1)C(=O)c1ccc2nc(N)c(Br)cc2c1. The number of nitriles is 1. The molecule has 33 heavy (non-hydrogen) atoms. The first-order valence-corrected chi connectivity index (χ1v) is 11.1. The predicted molar refractivity (Wildman–Crippen MR) is 128 cm³/mol. The Morgan fingerprint density at radius 3 is 2.64 bits per heavy atom. The maximum Gasteiger partial charge on any atom is 0.254 e. The van der Waals surface area contributed by atoms with Crippen molar-refractivity contribution in [2.75, 3.05) is 5.73 Å². The van der Waals surface area contributed by atoms with Crippen molar-refractivity contribution in [2.24, 2.45) is 0 Å². The summed E-state index contributed by atoms with van der Waals surface area (Å²) in [6.45, 7) is 2.22. The highest BCUT2D eigenvalue weighted by molar-refractivity contribution is 9.10. The van der Waals surface area contributed by atoms with Gasteiger partial charge in [0.1, 0.15) is 11.9 Å². The van der Waals surface area contributed by atoms with E-state index in [0.29, 0.717) is 44.9 Å². The second-order valence-corrected chi connectivity index (χ2v) is 8.23. The Morgan fingerprint density at radius 2 is 1.97 bits per heavy atom. The normalized spacial score (nSPS) is 11.7. The number of hydrogen-bond acceptors (Lipinski definition) is 7. The Labute approximate surface area is 199 Å². The number of pyridine rings is 2. The average molecular weight is 502 g/mol. The van der Waals surface area contributed by atoms with E-state index in [1.165, 1.54) is 6.20 Å². The van der Waals surface area contributed by atoms with Crippen molar-refractivity contribution in [2.45, 2.75) is 25.9 Å². The number of nitrogens with zero attached hydrogens (tertiary/aromatic N) is 6. The number of aromatic nitrogens is 4. The van der Waals surface area contributed by atoms with Crippen LogP contribution >= 0.6 is 15.9 Å². The second kappa shape index (κ2) is 9.71. The minimum Gasteiger partial charge on any atom is -0.383 e. The van der Waals surface area contributed by atoms with Crippen LogP contribution in [-0.4, -0.2) is 30.7 Å². The van der Waals surface area contributed by atoms with E-state index in [-0.39, 0.29) is 18.5 Å². The van der Waals surface area contributed by atoms with E-state index in [1.54, 1.807) is 53.7 Å². The number of benzene rings is 1.